The molecule has 0 amide bonds. The molecule has 0 radical (unpaired) electrons. The predicted octanol–water partition coefficient (Wildman–Crippen LogP) is 2.03. The van der Waals surface area contributed by atoms with Crippen LogP contribution in [0.2, 0.25) is 0 Å². The molecule has 2 atom stereocenters. The van der Waals surface area contributed by atoms with Crippen molar-refractivity contribution in [2.24, 2.45) is 0 Å². The van der Waals surface area contributed by atoms with Gasteiger partial charge in [0, 0.05) is 25.2 Å². The summed E-state index contributed by atoms with van der Waals surface area (Å²) >= 11 is 0. The van der Waals surface area contributed by atoms with E-state index < -0.39 is 0 Å². The molecule has 0 bridgehead atoms. The number of piperidine rings is 1. The Morgan fingerprint density at radius 3 is 2.40 bits per heavy atom. The molecule has 2 heterocycles. The number of likely N-dealkylation sites (tertiary alicyclic amines) is 1. The Labute approximate surface area is 124 Å². The Morgan fingerprint density at radius 2 is 1.75 bits per heavy atom. The maximum absolute atomic E-state index is 6.07. The molecule has 2 rings (SSSR count). The summed E-state index contributed by atoms with van der Waals surface area (Å²) in [5, 5.41) is 3.52. The molecular formula is C16H32N2O2. The molecule has 0 aliphatic carbocycles. The zero-order valence-corrected chi connectivity index (χ0v) is 13.7. The van der Waals surface area contributed by atoms with Crippen LogP contribution in [0.1, 0.15) is 46.5 Å². The summed E-state index contributed by atoms with van der Waals surface area (Å²) in [6.07, 6.45) is 5.74. The predicted molar refractivity (Wildman–Crippen MR) is 82.1 cm³/mol. The van der Waals surface area contributed by atoms with E-state index in [2.05, 4.69) is 38.0 Å². The highest BCUT2D eigenvalue weighted by Gasteiger charge is 2.27. The highest BCUT2D eigenvalue weighted by Crippen LogP contribution is 2.21. The number of ether oxygens (including phenoxy) is 2. The summed E-state index contributed by atoms with van der Waals surface area (Å²) in [5.41, 5.74) is 0.173. The van der Waals surface area contributed by atoms with E-state index in [1.807, 2.05) is 0 Å². The van der Waals surface area contributed by atoms with Crippen LogP contribution in [0.3, 0.4) is 0 Å². The zero-order chi connectivity index (χ0) is 14.6. The second kappa shape index (κ2) is 7.21. The molecule has 0 aromatic rings. The van der Waals surface area contributed by atoms with E-state index in [1.165, 1.54) is 0 Å². The van der Waals surface area contributed by atoms with Crippen LogP contribution in [0.15, 0.2) is 0 Å². The van der Waals surface area contributed by atoms with Gasteiger partial charge in [0.05, 0.1) is 24.9 Å². The minimum Gasteiger partial charge on any atom is -0.375 e. The number of hydrogen-bond donors (Lipinski definition) is 1. The molecule has 2 aliphatic rings. The maximum atomic E-state index is 6.07. The summed E-state index contributed by atoms with van der Waals surface area (Å²) in [5.74, 6) is 0. The van der Waals surface area contributed by atoms with E-state index in [0.717, 1.165) is 51.9 Å². The van der Waals surface area contributed by atoms with Gasteiger partial charge in [0.25, 0.3) is 0 Å². The van der Waals surface area contributed by atoms with Crippen molar-refractivity contribution >= 4 is 0 Å². The molecule has 0 spiro atoms. The van der Waals surface area contributed by atoms with E-state index >= 15 is 0 Å². The third-order valence-corrected chi connectivity index (χ3v) is 4.24. The van der Waals surface area contributed by atoms with Gasteiger partial charge in [0.1, 0.15) is 0 Å². The molecule has 2 unspecified atom stereocenters. The first-order valence-corrected chi connectivity index (χ1v) is 8.13. The molecule has 118 valence electrons. The van der Waals surface area contributed by atoms with Crippen LogP contribution in [0.4, 0.5) is 0 Å². The van der Waals surface area contributed by atoms with Gasteiger partial charge < -0.3 is 19.7 Å². The average molecular weight is 284 g/mol. The molecule has 0 aromatic carbocycles. The van der Waals surface area contributed by atoms with Gasteiger partial charge >= 0.3 is 0 Å². The Kier molecular flexibility index (Phi) is 5.84. The Balaban J connectivity index is 1.59. The molecule has 0 saturated carbocycles. The number of nitrogens with one attached hydrogen (secondary N) is 1. The van der Waals surface area contributed by atoms with Crippen molar-refractivity contribution < 1.29 is 9.47 Å². The topological polar surface area (TPSA) is 33.7 Å². The quantitative estimate of drug-likeness (QED) is 0.837. The number of nitrogens with zero attached hydrogens (tertiary/aromatic N) is 1. The lowest BCUT2D eigenvalue weighted by molar-refractivity contribution is -0.0556. The van der Waals surface area contributed by atoms with Gasteiger partial charge in [-0.3, -0.25) is 0 Å². The van der Waals surface area contributed by atoms with Gasteiger partial charge in [-0.05, 0) is 53.5 Å². The maximum Gasteiger partial charge on any atom is 0.0814 e. The standard InChI is InChI=1S/C16H32N2O2/c1-16(2,3)17-11-14-5-6-15(20-14)12-19-13-7-9-18(4)10-8-13/h13-15,17H,5-12H2,1-4H3. The van der Waals surface area contributed by atoms with Crippen LogP contribution in [0.25, 0.3) is 0 Å². The Bertz CT molecular complexity index is 283. The van der Waals surface area contributed by atoms with E-state index in [4.69, 9.17) is 9.47 Å². The first kappa shape index (κ1) is 16.2. The van der Waals surface area contributed by atoms with Crippen molar-refractivity contribution in [3.63, 3.8) is 0 Å². The van der Waals surface area contributed by atoms with Crippen LogP contribution in [-0.4, -0.2) is 62.0 Å². The monoisotopic (exact) mass is 284 g/mol. The van der Waals surface area contributed by atoms with Crippen molar-refractivity contribution in [2.45, 2.75) is 70.3 Å². The minimum atomic E-state index is 0.173. The van der Waals surface area contributed by atoms with Crippen molar-refractivity contribution in [1.82, 2.24) is 10.2 Å². The highest BCUT2D eigenvalue weighted by atomic mass is 16.5. The minimum absolute atomic E-state index is 0.173. The third kappa shape index (κ3) is 5.68. The van der Waals surface area contributed by atoms with E-state index in [0.29, 0.717) is 18.3 Å². The lowest BCUT2D eigenvalue weighted by Crippen LogP contribution is -2.41. The highest BCUT2D eigenvalue weighted by molar-refractivity contribution is 4.80. The SMILES string of the molecule is CN1CCC(OCC2CCC(CNC(C)(C)C)O2)CC1. The van der Waals surface area contributed by atoms with E-state index in [-0.39, 0.29) is 5.54 Å². The number of rotatable bonds is 5. The third-order valence-electron chi connectivity index (χ3n) is 4.24. The van der Waals surface area contributed by atoms with Crippen molar-refractivity contribution in [3.8, 4) is 0 Å². The molecule has 4 heteroatoms. The fraction of sp³-hybridized carbons (Fsp3) is 1.00. The van der Waals surface area contributed by atoms with Gasteiger partial charge in [0.2, 0.25) is 0 Å². The molecule has 0 aromatic heterocycles. The fourth-order valence-electron chi connectivity index (χ4n) is 2.87. The molecule has 4 nitrogen and oxygen atoms in total. The summed E-state index contributed by atoms with van der Waals surface area (Å²) in [6, 6.07) is 0. The van der Waals surface area contributed by atoms with Crippen LogP contribution in [0, 0.1) is 0 Å². The zero-order valence-electron chi connectivity index (χ0n) is 13.7. The second-order valence-corrected chi connectivity index (χ2v) is 7.42. The van der Waals surface area contributed by atoms with E-state index in [9.17, 15) is 0 Å². The summed E-state index contributed by atoms with van der Waals surface area (Å²) in [6.45, 7) is 10.6. The summed E-state index contributed by atoms with van der Waals surface area (Å²) in [7, 11) is 2.18. The Morgan fingerprint density at radius 1 is 1.10 bits per heavy atom. The van der Waals surface area contributed by atoms with Crippen LogP contribution in [-0.2, 0) is 9.47 Å². The summed E-state index contributed by atoms with van der Waals surface area (Å²) in [4.78, 5) is 2.38. The van der Waals surface area contributed by atoms with Crippen molar-refractivity contribution in [1.29, 1.82) is 0 Å². The first-order chi connectivity index (χ1) is 9.42. The normalized spacial score (nSPS) is 30.0. The van der Waals surface area contributed by atoms with Crippen molar-refractivity contribution in [3.05, 3.63) is 0 Å². The van der Waals surface area contributed by atoms with E-state index in [1.54, 1.807) is 0 Å². The molecule has 2 saturated heterocycles. The average Bonchev–Trinajstić information content (AvgIpc) is 2.83. The van der Waals surface area contributed by atoms with Crippen LogP contribution < -0.4 is 5.32 Å². The molecular weight excluding hydrogens is 252 g/mol. The van der Waals surface area contributed by atoms with Gasteiger partial charge in [-0.1, -0.05) is 0 Å². The first-order valence-electron chi connectivity index (χ1n) is 8.13. The molecule has 20 heavy (non-hydrogen) atoms. The number of hydrogen-bond acceptors (Lipinski definition) is 4. The van der Waals surface area contributed by atoms with Gasteiger partial charge in [-0.25, -0.2) is 0 Å². The second-order valence-electron chi connectivity index (χ2n) is 7.42. The largest absolute Gasteiger partial charge is 0.375 e. The van der Waals surface area contributed by atoms with Crippen LogP contribution >= 0.6 is 0 Å². The van der Waals surface area contributed by atoms with Crippen molar-refractivity contribution in [2.75, 3.05) is 33.3 Å². The lowest BCUT2D eigenvalue weighted by Gasteiger charge is -2.29. The molecule has 1 N–H and O–H groups in total. The van der Waals surface area contributed by atoms with Gasteiger partial charge in [0.15, 0.2) is 0 Å². The van der Waals surface area contributed by atoms with Gasteiger partial charge in [-0.2, -0.15) is 0 Å². The Hall–Kier alpha value is -0.160. The smallest absolute Gasteiger partial charge is 0.0814 e. The van der Waals surface area contributed by atoms with Crippen LogP contribution in [0.5, 0.6) is 0 Å². The van der Waals surface area contributed by atoms with Gasteiger partial charge in [-0.15, -0.1) is 0 Å². The fourth-order valence-corrected chi connectivity index (χ4v) is 2.87. The molecule has 2 aliphatic heterocycles. The lowest BCUT2D eigenvalue weighted by atomic mass is 10.1. The summed E-state index contributed by atoms with van der Waals surface area (Å²) < 4.78 is 12.1. The molecule has 2 fully saturated rings.